The van der Waals surface area contributed by atoms with Crippen molar-refractivity contribution in [2.75, 3.05) is 31.9 Å². The molecule has 3 heterocycles. The number of rotatable bonds is 3. The molecule has 2 aliphatic rings. The van der Waals surface area contributed by atoms with Crippen LogP contribution in [0, 0.1) is 0 Å². The molecule has 5 heteroatoms. The second-order valence-corrected chi connectivity index (χ2v) is 6.60. The van der Waals surface area contributed by atoms with Crippen molar-refractivity contribution in [3.05, 3.63) is 18.0 Å². The zero-order valence-electron chi connectivity index (χ0n) is 13.1. The molecule has 0 saturated carbocycles. The van der Waals surface area contributed by atoms with E-state index in [0.29, 0.717) is 11.7 Å². The highest BCUT2D eigenvalue weighted by Gasteiger charge is 2.33. The molecule has 1 aromatic rings. The fourth-order valence-electron chi connectivity index (χ4n) is 3.59. The number of amides is 1. The van der Waals surface area contributed by atoms with Gasteiger partial charge in [0, 0.05) is 31.4 Å². The molecule has 0 bridgehead atoms. The SMILES string of the molecule is CC(C)n1cc(N)cc1C(=O)N1CCC(N2CCCC2)C1. The summed E-state index contributed by atoms with van der Waals surface area (Å²) < 4.78 is 1.99. The number of likely N-dealkylation sites (tertiary alicyclic amines) is 2. The molecule has 1 amide bonds. The highest BCUT2D eigenvalue weighted by Crippen LogP contribution is 2.24. The van der Waals surface area contributed by atoms with Gasteiger partial charge in [-0.05, 0) is 52.3 Å². The summed E-state index contributed by atoms with van der Waals surface area (Å²) in [5, 5.41) is 0. The Kier molecular flexibility index (Phi) is 3.93. The highest BCUT2D eigenvalue weighted by atomic mass is 16.2. The van der Waals surface area contributed by atoms with E-state index in [2.05, 4.69) is 18.7 Å². The third-order valence-electron chi connectivity index (χ3n) is 4.75. The van der Waals surface area contributed by atoms with E-state index in [1.165, 1.54) is 25.9 Å². The number of carbonyl (C=O) groups is 1. The molecule has 21 heavy (non-hydrogen) atoms. The number of nitrogens with zero attached hydrogens (tertiary/aromatic N) is 3. The highest BCUT2D eigenvalue weighted by molar-refractivity contribution is 5.94. The molecule has 0 spiro atoms. The van der Waals surface area contributed by atoms with E-state index in [-0.39, 0.29) is 11.9 Å². The number of aromatic nitrogens is 1. The second-order valence-electron chi connectivity index (χ2n) is 6.60. The molecule has 3 rings (SSSR count). The lowest BCUT2D eigenvalue weighted by Crippen LogP contribution is -2.37. The summed E-state index contributed by atoms with van der Waals surface area (Å²) in [4.78, 5) is 17.3. The Morgan fingerprint density at radius 3 is 2.67 bits per heavy atom. The lowest BCUT2D eigenvalue weighted by molar-refractivity contribution is 0.0768. The third kappa shape index (κ3) is 2.79. The van der Waals surface area contributed by atoms with E-state index in [0.717, 1.165) is 25.2 Å². The van der Waals surface area contributed by atoms with E-state index in [1.807, 2.05) is 21.7 Å². The second kappa shape index (κ2) is 5.72. The Labute approximate surface area is 126 Å². The van der Waals surface area contributed by atoms with Crippen molar-refractivity contribution in [3.8, 4) is 0 Å². The standard InChI is InChI=1S/C16H26N4O/c1-12(2)20-10-13(17)9-15(20)16(21)19-8-5-14(11-19)18-6-3-4-7-18/h9-10,12,14H,3-8,11,17H2,1-2H3. The molecule has 1 atom stereocenters. The Balaban J connectivity index is 1.71. The number of hydrogen-bond donors (Lipinski definition) is 1. The first kappa shape index (κ1) is 14.4. The van der Waals surface area contributed by atoms with Crippen LogP contribution in [0.4, 0.5) is 5.69 Å². The maximum absolute atomic E-state index is 12.8. The summed E-state index contributed by atoms with van der Waals surface area (Å²) in [7, 11) is 0. The number of nitrogen functional groups attached to an aromatic ring is 1. The largest absolute Gasteiger partial charge is 0.397 e. The van der Waals surface area contributed by atoms with Crippen LogP contribution in [0.15, 0.2) is 12.3 Å². The zero-order chi connectivity index (χ0) is 15.0. The molecule has 1 unspecified atom stereocenters. The van der Waals surface area contributed by atoms with Gasteiger partial charge in [-0.25, -0.2) is 0 Å². The molecule has 2 fully saturated rings. The quantitative estimate of drug-likeness (QED) is 0.926. The smallest absolute Gasteiger partial charge is 0.270 e. The van der Waals surface area contributed by atoms with Gasteiger partial charge in [0.25, 0.3) is 5.91 Å². The molecule has 0 aromatic carbocycles. The Hall–Kier alpha value is -1.49. The maximum atomic E-state index is 12.8. The van der Waals surface area contributed by atoms with E-state index in [4.69, 9.17) is 5.73 Å². The van der Waals surface area contributed by atoms with Gasteiger partial charge in [0.15, 0.2) is 0 Å². The van der Waals surface area contributed by atoms with Crippen molar-refractivity contribution in [1.29, 1.82) is 0 Å². The van der Waals surface area contributed by atoms with Crippen LogP contribution in [-0.4, -0.2) is 52.5 Å². The van der Waals surface area contributed by atoms with Crippen LogP contribution in [0.2, 0.25) is 0 Å². The summed E-state index contributed by atoms with van der Waals surface area (Å²) in [5.74, 6) is 0.127. The lowest BCUT2D eigenvalue weighted by Gasteiger charge is -2.24. The van der Waals surface area contributed by atoms with Gasteiger partial charge in [-0.15, -0.1) is 0 Å². The predicted molar refractivity (Wildman–Crippen MR) is 84.3 cm³/mol. The van der Waals surface area contributed by atoms with Gasteiger partial charge in [-0.3, -0.25) is 9.69 Å². The molecular weight excluding hydrogens is 264 g/mol. The zero-order valence-corrected chi connectivity index (χ0v) is 13.1. The molecule has 2 saturated heterocycles. The molecule has 116 valence electrons. The lowest BCUT2D eigenvalue weighted by atomic mass is 10.2. The summed E-state index contributed by atoms with van der Waals surface area (Å²) >= 11 is 0. The Morgan fingerprint density at radius 1 is 1.29 bits per heavy atom. The minimum absolute atomic E-state index is 0.127. The average molecular weight is 290 g/mol. The van der Waals surface area contributed by atoms with Crippen LogP contribution in [0.3, 0.4) is 0 Å². The van der Waals surface area contributed by atoms with Crippen LogP contribution < -0.4 is 5.73 Å². The normalized spacial score (nSPS) is 23.4. The van der Waals surface area contributed by atoms with Gasteiger partial charge in [0.2, 0.25) is 0 Å². The van der Waals surface area contributed by atoms with E-state index in [1.54, 1.807) is 0 Å². The van der Waals surface area contributed by atoms with Crippen molar-refractivity contribution < 1.29 is 4.79 Å². The van der Waals surface area contributed by atoms with Crippen molar-refractivity contribution >= 4 is 11.6 Å². The number of anilines is 1. The monoisotopic (exact) mass is 290 g/mol. The van der Waals surface area contributed by atoms with Crippen molar-refractivity contribution in [1.82, 2.24) is 14.4 Å². The minimum Gasteiger partial charge on any atom is -0.397 e. The van der Waals surface area contributed by atoms with E-state index < -0.39 is 0 Å². The summed E-state index contributed by atoms with van der Waals surface area (Å²) in [5.41, 5.74) is 7.28. The van der Waals surface area contributed by atoms with Crippen LogP contribution in [0.1, 0.15) is 49.6 Å². The van der Waals surface area contributed by atoms with Crippen molar-refractivity contribution in [2.24, 2.45) is 0 Å². The molecule has 1 aromatic heterocycles. The van der Waals surface area contributed by atoms with Crippen molar-refractivity contribution in [3.63, 3.8) is 0 Å². The van der Waals surface area contributed by atoms with Crippen LogP contribution in [0.25, 0.3) is 0 Å². The first-order valence-electron chi connectivity index (χ1n) is 8.07. The van der Waals surface area contributed by atoms with Gasteiger partial charge >= 0.3 is 0 Å². The molecular formula is C16H26N4O. The fraction of sp³-hybridized carbons (Fsp3) is 0.688. The van der Waals surface area contributed by atoms with Gasteiger partial charge in [-0.2, -0.15) is 0 Å². The summed E-state index contributed by atoms with van der Waals surface area (Å²) in [6, 6.07) is 2.61. The minimum atomic E-state index is 0.127. The fourth-order valence-corrected chi connectivity index (χ4v) is 3.59. The predicted octanol–water partition coefficient (Wildman–Crippen LogP) is 1.96. The third-order valence-corrected chi connectivity index (χ3v) is 4.75. The van der Waals surface area contributed by atoms with E-state index >= 15 is 0 Å². The topological polar surface area (TPSA) is 54.5 Å². The van der Waals surface area contributed by atoms with Crippen molar-refractivity contribution in [2.45, 2.75) is 45.2 Å². The van der Waals surface area contributed by atoms with Crippen LogP contribution >= 0.6 is 0 Å². The van der Waals surface area contributed by atoms with Crippen LogP contribution in [-0.2, 0) is 0 Å². The van der Waals surface area contributed by atoms with Gasteiger partial charge < -0.3 is 15.2 Å². The van der Waals surface area contributed by atoms with Gasteiger partial charge in [0.1, 0.15) is 5.69 Å². The molecule has 0 aliphatic carbocycles. The first-order valence-corrected chi connectivity index (χ1v) is 8.07. The molecule has 5 nitrogen and oxygen atoms in total. The molecule has 2 aliphatic heterocycles. The number of nitrogens with two attached hydrogens (primary N) is 1. The first-order chi connectivity index (χ1) is 10.1. The molecule has 2 N–H and O–H groups in total. The van der Waals surface area contributed by atoms with Gasteiger partial charge in [0.05, 0.1) is 5.69 Å². The average Bonchev–Trinajstić information content (AvgIpc) is 3.17. The van der Waals surface area contributed by atoms with E-state index in [9.17, 15) is 4.79 Å². The molecule has 0 radical (unpaired) electrons. The maximum Gasteiger partial charge on any atom is 0.270 e. The number of carbonyl (C=O) groups excluding carboxylic acids is 1. The van der Waals surface area contributed by atoms with Gasteiger partial charge in [-0.1, -0.05) is 0 Å². The summed E-state index contributed by atoms with van der Waals surface area (Å²) in [6.07, 6.45) is 5.57. The summed E-state index contributed by atoms with van der Waals surface area (Å²) in [6.45, 7) is 8.27. The number of hydrogen-bond acceptors (Lipinski definition) is 3. The van der Waals surface area contributed by atoms with Crippen LogP contribution in [0.5, 0.6) is 0 Å². The Morgan fingerprint density at radius 2 is 2.00 bits per heavy atom. The Bertz CT molecular complexity index is 516.